The molecule has 0 fully saturated rings. The van der Waals surface area contributed by atoms with Crippen molar-refractivity contribution in [2.45, 2.75) is 13.5 Å². The van der Waals surface area contributed by atoms with Gasteiger partial charge in [-0.3, -0.25) is 14.9 Å². The topological polar surface area (TPSA) is 80.7 Å². The van der Waals surface area contributed by atoms with Gasteiger partial charge in [-0.2, -0.15) is 10.1 Å². The first-order valence-electron chi connectivity index (χ1n) is 10.5. The molecule has 0 radical (unpaired) electrons. The van der Waals surface area contributed by atoms with Crippen LogP contribution in [0.2, 0.25) is 0 Å². The molecule has 1 aliphatic rings. The van der Waals surface area contributed by atoms with E-state index in [1.807, 2.05) is 71.4 Å². The molecule has 2 heterocycles. The molecule has 0 spiro atoms. The third kappa shape index (κ3) is 3.80. The summed E-state index contributed by atoms with van der Waals surface area (Å²) < 4.78 is 2.04. The molecule has 3 aromatic carbocycles. The van der Waals surface area contributed by atoms with Crippen LogP contribution in [0, 0.1) is 10.1 Å². The molecule has 1 amide bonds. The molecule has 1 aliphatic heterocycles. The van der Waals surface area contributed by atoms with E-state index in [0.717, 1.165) is 16.6 Å². The van der Waals surface area contributed by atoms with Crippen LogP contribution < -0.4 is 5.01 Å². The molecule has 0 N–H and O–H groups in total. The van der Waals surface area contributed by atoms with Gasteiger partial charge < -0.3 is 4.57 Å². The first kappa shape index (κ1) is 20.4. The number of hydrogen-bond acceptors (Lipinski definition) is 4. The highest BCUT2D eigenvalue weighted by Crippen LogP contribution is 2.31. The minimum atomic E-state index is -0.407. The van der Waals surface area contributed by atoms with E-state index in [1.165, 1.54) is 11.1 Å². The van der Waals surface area contributed by atoms with Crippen LogP contribution in [0.25, 0.3) is 17.0 Å². The molecule has 0 bridgehead atoms. The molecule has 1 aromatic heterocycles. The molecule has 0 unspecified atom stereocenters. The van der Waals surface area contributed by atoms with Gasteiger partial charge in [0.15, 0.2) is 0 Å². The standard InChI is InChI=1S/C26H20N4O3/c1-18-23(26(31)29(27-18)21-10-6-3-7-11-21)14-20-17-28(16-19-8-4-2-5-9-19)25-13-12-22(30(32)33)15-24(20)25/h2-15,17H,16H2,1H3/b23-14+. The summed E-state index contributed by atoms with van der Waals surface area (Å²) in [5.74, 6) is -0.229. The van der Waals surface area contributed by atoms with E-state index < -0.39 is 4.92 Å². The van der Waals surface area contributed by atoms with Gasteiger partial charge in [0.2, 0.25) is 0 Å². The Morgan fingerprint density at radius 2 is 1.70 bits per heavy atom. The highest BCUT2D eigenvalue weighted by Gasteiger charge is 2.29. The number of fused-ring (bicyclic) bond motifs is 1. The maximum Gasteiger partial charge on any atom is 0.280 e. The molecular weight excluding hydrogens is 416 g/mol. The molecule has 4 aromatic rings. The van der Waals surface area contributed by atoms with Crippen molar-refractivity contribution in [3.8, 4) is 0 Å². The van der Waals surface area contributed by atoms with E-state index in [4.69, 9.17) is 0 Å². The fraction of sp³-hybridized carbons (Fsp3) is 0.0769. The Kier molecular flexibility index (Phi) is 5.06. The summed E-state index contributed by atoms with van der Waals surface area (Å²) in [6, 6.07) is 24.0. The molecule has 5 rings (SSSR count). The highest BCUT2D eigenvalue weighted by atomic mass is 16.6. The second kappa shape index (κ2) is 8.20. The minimum Gasteiger partial charge on any atom is -0.342 e. The number of nitrogens with zero attached hydrogens (tertiary/aromatic N) is 4. The van der Waals surface area contributed by atoms with Gasteiger partial charge in [-0.05, 0) is 36.8 Å². The van der Waals surface area contributed by atoms with Crippen molar-refractivity contribution in [1.82, 2.24) is 4.57 Å². The van der Waals surface area contributed by atoms with Crippen molar-refractivity contribution in [2.24, 2.45) is 5.10 Å². The molecular formula is C26H20N4O3. The molecule has 7 heteroatoms. The second-order valence-corrected chi connectivity index (χ2v) is 7.85. The maximum atomic E-state index is 13.2. The molecule has 162 valence electrons. The lowest BCUT2D eigenvalue weighted by molar-refractivity contribution is -0.384. The summed E-state index contributed by atoms with van der Waals surface area (Å²) >= 11 is 0. The Labute approximate surface area is 190 Å². The number of aromatic nitrogens is 1. The van der Waals surface area contributed by atoms with Crippen LogP contribution in [0.5, 0.6) is 0 Å². The highest BCUT2D eigenvalue weighted by molar-refractivity contribution is 6.32. The quantitative estimate of drug-likeness (QED) is 0.238. The Bertz CT molecular complexity index is 1440. The van der Waals surface area contributed by atoms with Crippen LogP contribution in [-0.4, -0.2) is 21.1 Å². The van der Waals surface area contributed by atoms with Crippen LogP contribution in [0.3, 0.4) is 0 Å². The van der Waals surface area contributed by atoms with Crippen molar-refractivity contribution in [3.05, 3.63) is 112 Å². The van der Waals surface area contributed by atoms with Crippen LogP contribution in [0.4, 0.5) is 11.4 Å². The van der Waals surface area contributed by atoms with Gasteiger partial charge in [-0.25, -0.2) is 0 Å². The van der Waals surface area contributed by atoms with E-state index in [0.29, 0.717) is 28.9 Å². The van der Waals surface area contributed by atoms with Gasteiger partial charge in [0, 0.05) is 41.3 Å². The van der Waals surface area contributed by atoms with Gasteiger partial charge in [0.25, 0.3) is 11.6 Å². The molecule has 33 heavy (non-hydrogen) atoms. The normalized spacial score (nSPS) is 14.8. The number of anilines is 1. The second-order valence-electron chi connectivity index (χ2n) is 7.85. The van der Waals surface area contributed by atoms with Gasteiger partial charge in [-0.15, -0.1) is 0 Å². The average molecular weight is 436 g/mol. The third-order valence-corrected chi connectivity index (χ3v) is 5.67. The zero-order valence-electron chi connectivity index (χ0n) is 17.9. The number of benzene rings is 3. The molecule has 0 saturated heterocycles. The average Bonchev–Trinajstić information content (AvgIpc) is 3.32. The number of carbonyl (C=O) groups excluding carboxylic acids is 1. The van der Waals surface area contributed by atoms with Crippen LogP contribution >= 0.6 is 0 Å². The molecule has 7 nitrogen and oxygen atoms in total. The lowest BCUT2D eigenvalue weighted by Crippen LogP contribution is -2.21. The lowest BCUT2D eigenvalue weighted by Gasteiger charge is -2.10. The summed E-state index contributed by atoms with van der Waals surface area (Å²) in [6.07, 6.45) is 3.71. The summed E-state index contributed by atoms with van der Waals surface area (Å²) in [7, 11) is 0. The largest absolute Gasteiger partial charge is 0.342 e. The fourth-order valence-electron chi connectivity index (χ4n) is 4.04. The fourth-order valence-corrected chi connectivity index (χ4v) is 4.04. The van der Waals surface area contributed by atoms with Crippen molar-refractivity contribution < 1.29 is 9.72 Å². The first-order chi connectivity index (χ1) is 16.0. The van der Waals surface area contributed by atoms with E-state index in [1.54, 1.807) is 25.1 Å². The Balaban J connectivity index is 1.60. The van der Waals surface area contributed by atoms with E-state index in [9.17, 15) is 14.9 Å². The smallest absolute Gasteiger partial charge is 0.280 e. The number of nitro benzene ring substituents is 1. The minimum absolute atomic E-state index is 0.00802. The number of rotatable bonds is 5. The number of amides is 1. The predicted octanol–water partition coefficient (Wildman–Crippen LogP) is 5.40. The number of carbonyl (C=O) groups is 1. The number of hydrazone groups is 1. The Hall–Kier alpha value is -4.52. The third-order valence-electron chi connectivity index (χ3n) is 5.67. The number of non-ortho nitro benzene ring substituents is 1. The number of para-hydroxylation sites is 1. The molecule has 0 atom stereocenters. The van der Waals surface area contributed by atoms with E-state index >= 15 is 0 Å². The first-order valence-corrected chi connectivity index (χ1v) is 10.5. The monoisotopic (exact) mass is 436 g/mol. The Morgan fingerprint density at radius 1 is 1.00 bits per heavy atom. The van der Waals surface area contributed by atoms with Crippen molar-refractivity contribution >= 4 is 40.0 Å². The zero-order chi connectivity index (χ0) is 22.9. The van der Waals surface area contributed by atoms with Crippen molar-refractivity contribution in [1.29, 1.82) is 0 Å². The van der Waals surface area contributed by atoms with Crippen molar-refractivity contribution in [2.75, 3.05) is 5.01 Å². The van der Waals surface area contributed by atoms with Gasteiger partial charge in [-0.1, -0.05) is 48.5 Å². The van der Waals surface area contributed by atoms with Gasteiger partial charge in [0.1, 0.15) is 0 Å². The van der Waals surface area contributed by atoms with E-state index in [2.05, 4.69) is 5.10 Å². The maximum absolute atomic E-state index is 13.2. The molecule has 0 saturated carbocycles. The zero-order valence-corrected chi connectivity index (χ0v) is 17.9. The molecule has 0 aliphatic carbocycles. The lowest BCUT2D eigenvalue weighted by atomic mass is 10.1. The SMILES string of the molecule is CC1=NN(c2ccccc2)C(=O)/C1=C/c1cn(Cc2ccccc2)c2ccc([N+](=O)[O-])cc12. The summed E-state index contributed by atoms with van der Waals surface area (Å²) in [6.45, 7) is 2.40. The predicted molar refractivity (Wildman–Crippen MR) is 129 cm³/mol. The van der Waals surface area contributed by atoms with Gasteiger partial charge >= 0.3 is 0 Å². The number of hydrogen-bond donors (Lipinski definition) is 0. The van der Waals surface area contributed by atoms with Crippen molar-refractivity contribution in [3.63, 3.8) is 0 Å². The van der Waals surface area contributed by atoms with Crippen LogP contribution in [-0.2, 0) is 11.3 Å². The Morgan fingerprint density at radius 3 is 2.39 bits per heavy atom. The van der Waals surface area contributed by atoms with Gasteiger partial charge in [0.05, 0.1) is 21.9 Å². The number of nitro groups is 1. The summed E-state index contributed by atoms with van der Waals surface area (Å²) in [4.78, 5) is 24.2. The van der Waals surface area contributed by atoms with E-state index in [-0.39, 0.29) is 11.6 Å². The van der Waals surface area contributed by atoms with Crippen LogP contribution in [0.1, 0.15) is 18.1 Å². The summed E-state index contributed by atoms with van der Waals surface area (Å²) in [5.41, 5.74) is 4.45. The van der Waals surface area contributed by atoms with Crippen LogP contribution in [0.15, 0.2) is 95.7 Å². The summed E-state index contributed by atoms with van der Waals surface area (Å²) in [5, 5.41) is 17.9.